The Labute approximate surface area is 179 Å². The molecule has 30 heavy (non-hydrogen) atoms. The molecule has 160 valence electrons. The molecule has 2 aliphatic heterocycles. The van der Waals surface area contributed by atoms with Gasteiger partial charge in [-0.15, -0.1) is 11.3 Å². The number of aliphatic hydroxyl groups is 1. The van der Waals surface area contributed by atoms with Crippen molar-refractivity contribution in [3.8, 4) is 0 Å². The van der Waals surface area contributed by atoms with Crippen LogP contribution in [-0.4, -0.2) is 51.9 Å². The summed E-state index contributed by atoms with van der Waals surface area (Å²) in [7, 11) is 0. The van der Waals surface area contributed by atoms with Crippen molar-refractivity contribution in [2.24, 2.45) is 0 Å². The molecule has 4 heterocycles. The van der Waals surface area contributed by atoms with E-state index in [1.807, 2.05) is 29.5 Å². The molecule has 0 radical (unpaired) electrons. The molecular weight excluding hydrogens is 404 g/mol. The number of ether oxygens (including phenoxy) is 1. The van der Waals surface area contributed by atoms with Crippen molar-refractivity contribution in [1.29, 1.82) is 0 Å². The van der Waals surface area contributed by atoms with Gasteiger partial charge in [-0.05, 0) is 36.8 Å². The normalized spacial score (nSPS) is 16.9. The van der Waals surface area contributed by atoms with Gasteiger partial charge in [0, 0.05) is 48.3 Å². The fraction of sp³-hybridized carbons (Fsp3) is 0.450. The highest BCUT2D eigenvalue weighted by Crippen LogP contribution is 2.23. The topological polar surface area (TPSA) is 103 Å². The summed E-state index contributed by atoms with van der Waals surface area (Å²) in [5.41, 5.74) is 1.78. The van der Waals surface area contributed by atoms with Crippen LogP contribution in [0.15, 0.2) is 30.0 Å². The molecule has 0 bridgehead atoms. The third-order valence-electron chi connectivity index (χ3n) is 5.17. The molecule has 0 unspecified atom stereocenters. The Morgan fingerprint density at radius 1 is 1.37 bits per heavy atom. The lowest BCUT2D eigenvalue weighted by Gasteiger charge is -2.24. The molecule has 0 atom stereocenters. The number of hydrogen-bond acceptors (Lipinski definition) is 8. The largest absolute Gasteiger partial charge is 0.392 e. The Balaban J connectivity index is 1.36. The van der Waals surface area contributed by atoms with Crippen LogP contribution >= 0.6 is 11.3 Å². The SMILES string of the molecule is Cc1cnc(NC2CCOCC2)nc1N1C=CN(C(=O)NCc2sccc2CO)C1. The summed E-state index contributed by atoms with van der Waals surface area (Å²) in [5, 5.41) is 17.5. The number of rotatable bonds is 6. The van der Waals surface area contributed by atoms with Crippen molar-refractivity contribution in [2.75, 3.05) is 30.1 Å². The van der Waals surface area contributed by atoms with Crippen molar-refractivity contribution >= 4 is 29.1 Å². The van der Waals surface area contributed by atoms with E-state index in [1.165, 1.54) is 11.3 Å². The van der Waals surface area contributed by atoms with E-state index in [2.05, 4.69) is 20.6 Å². The van der Waals surface area contributed by atoms with Gasteiger partial charge in [-0.3, -0.25) is 4.90 Å². The molecule has 2 aromatic heterocycles. The molecule has 0 aliphatic carbocycles. The summed E-state index contributed by atoms with van der Waals surface area (Å²) < 4.78 is 5.40. The summed E-state index contributed by atoms with van der Waals surface area (Å²) in [6, 6.07) is 1.98. The van der Waals surface area contributed by atoms with E-state index in [-0.39, 0.29) is 12.6 Å². The molecule has 2 aromatic rings. The Hall–Kier alpha value is -2.69. The first-order chi connectivity index (χ1) is 14.6. The van der Waals surface area contributed by atoms with Crippen LogP contribution in [-0.2, 0) is 17.9 Å². The average Bonchev–Trinajstić information content (AvgIpc) is 3.43. The zero-order valence-corrected chi connectivity index (χ0v) is 17.7. The van der Waals surface area contributed by atoms with Crippen LogP contribution in [0.5, 0.6) is 0 Å². The summed E-state index contributed by atoms with van der Waals surface area (Å²) in [5.74, 6) is 1.36. The van der Waals surface area contributed by atoms with Crippen LogP contribution in [0.1, 0.15) is 28.8 Å². The molecule has 1 saturated heterocycles. The van der Waals surface area contributed by atoms with E-state index in [1.54, 1.807) is 17.3 Å². The third-order valence-corrected chi connectivity index (χ3v) is 6.14. The van der Waals surface area contributed by atoms with Crippen LogP contribution in [0.2, 0.25) is 0 Å². The van der Waals surface area contributed by atoms with Gasteiger partial charge in [0.2, 0.25) is 5.95 Å². The molecular formula is C20H26N6O3S. The van der Waals surface area contributed by atoms with Crippen molar-refractivity contribution in [3.05, 3.63) is 46.0 Å². The number of thiophene rings is 1. The lowest BCUT2D eigenvalue weighted by Crippen LogP contribution is -2.38. The van der Waals surface area contributed by atoms with Gasteiger partial charge in [0.05, 0.1) is 13.2 Å². The highest BCUT2D eigenvalue weighted by molar-refractivity contribution is 7.10. The van der Waals surface area contributed by atoms with E-state index >= 15 is 0 Å². The molecule has 0 spiro atoms. The third kappa shape index (κ3) is 4.72. The molecule has 9 nitrogen and oxygen atoms in total. The van der Waals surface area contributed by atoms with Gasteiger partial charge in [0.15, 0.2) is 0 Å². The van der Waals surface area contributed by atoms with Crippen molar-refractivity contribution < 1.29 is 14.6 Å². The van der Waals surface area contributed by atoms with Gasteiger partial charge in [0.25, 0.3) is 0 Å². The van der Waals surface area contributed by atoms with E-state index < -0.39 is 0 Å². The summed E-state index contributed by atoms with van der Waals surface area (Å²) in [4.78, 5) is 26.1. The number of carbonyl (C=O) groups excluding carboxylic acids is 1. The van der Waals surface area contributed by atoms with Gasteiger partial charge in [-0.2, -0.15) is 4.98 Å². The van der Waals surface area contributed by atoms with E-state index in [0.717, 1.165) is 47.9 Å². The van der Waals surface area contributed by atoms with E-state index in [0.29, 0.717) is 25.2 Å². The fourth-order valence-electron chi connectivity index (χ4n) is 3.43. The van der Waals surface area contributed by atoms with Crippen molar-refractivity contribution in [1.82, 2.24) is 20.2 Å². The number of urea groups is 1. The minimum absolute atomic E-state index is 0.0245. The van der Waals surface area contributed by atoms with E-state index in [9.17, 15) is 9.90 Å². The maximum absolute atomic E-state index is 12.6. The summed E-state index contributed by atoms with van der Waals surface area (Å²) >= 11 is 1.52. The molecule has 2 amide bonds. The van der Waals surface area contributed by atoms with Gasteiger partial charge < -0.3 is 25.4 Å². The smallest absolute Gasteiger partial charge is 0.323 e. The minimum atomic E-state index is -0.196. The fourth-order valence-corrected chi connectivity index (χ4v) is 4.26. The summed E-state index contributed by atoms with van der Waals surface area (Å²) in [6.45, 7) is 4.20. The first-order valence-electron chi connectivity index (χ1n) is 9.97. The second-order valence-electron chi connectivity index (χ2n) is 7.30. The quantitative estimate of drug-likeness (QED) is 0.647. The number of anilines is 2. The Morgan fingerprint density at radius 3 is 3.00 bits per heavy atom. The predicted octanol–water partition coefficient (Wildman–Crippen LogP) is 2.39. The zero-order chi connectivity index (χ0) is 20.9. The molecule has 10 heteroatoms. The van der Waals surface area contributed by atoms with Crippen LogP contribution in [0.25, 0.3) is 0 Å². The average molecular weight is 431 g/mol. The van der Waals surface area contributed by atoms with Crippen molar-refractivity contribution in [2.45, 2.75) is 39.0 Å². The first kappa shape index (κ1) is 20.6. The maximum atomic E-state index is 12.6. The standard InChI is InChI=1S/C20H26N6O3S/c1-14-10-21-19(23-16-2-7-29-8-3-16)24-18(14)25-5-6-26(13-25)20(28)22-11-17-15(12-27)4-9-30-17/h4-6,9-10,16,27H,2-3,7-8,11-13H2,1H3,(H,22,28)(H,21,23,24). The second-order valence-corrected chi connectivity index (χ2v) is 8.30. The molecule has 0 aromatic carbocycles. The Morgan fingerprint density at radius 2 is 2.20 bits per heavy atom. The van der Waals surface area contributed by atoms with Gasteiger partial charge in [-0.25, -0.2) is 9.78 Å². The Bertz CT molecular complexity index is 912. The predicted molar refractivity (Wildman–Crippen MR) is 115 cm³/mol. The molecule has 0 saturated carbocycles. The highest BCUT2D eigenvalue weighted by Gasteiger charge is 2.23. The lowest BCUT2D eigenvalue weighted by molar-refractivity contribution is 0.0903. The molecule has 4 rings (SSSR count). The Kier molecular flexibility index (Phi) is 6.46. The zero-order valence-electron chi connectivity index (χ0n) is 16.9. The number of aryl methyl sites for hydroxylation is 1. The number of aromatic nitrogens is 2. The monoisotopic (exact) mass is 430 g/mol. The van der Waals surface area contributed by atoms with Crippen LogP contribution < -0.4 is 15.5 Å². The number of nitrogens with one attached hydrogen (secondary N) is 2. The summed E-state index contributed by atoms with van der Waals surface area (Å²) in [6.07, 6.45) is 7.26. The van der Waals surface area contributed by atoms with Gasteiger partial charge >= 0.3 is 6.03 Å². The molecule has 1 fully saturated rings. The molecule has 2 aliphatic rings. The van der Waals surface area contributed by atoms with E-state index in [4.69, 9.17) is 4.74 Å². The van der Waals surface area contributed by atoms with Crippen LogP contribution in [0.4, 0.5) is 16.6 Å². The van der Waals surface area contributed by atoms with Crippen LogP contribution in [0.3, 0.4) is 0 Å². The number of nitrogens with zero attached hydrogens (tertiary/aromatic N) is 4. The van der Waals surface area contributed by atoms with Crippen LogP contribution in [0, 0.1) is 6.92 Å². The number of hydrogen-bond donors (Lipinski definition) is 3. The molecule has 3 N–H and O–H groups in total. The lowest BCUT2D eigenvalue weighted by atomic mass is 10.1. The van der Waals surface area contributed by atoms with Gasteiger partial charge in [0.1, 0.15) is 12.5 Å². The number of aliphatic hydroxyl groups excluding tert-OH is 1. The van der Waals surface area contributed by atoms with Gasteiger partial charge in [-0.1, -0.05) is 0 Å². The highest BCUT2D eigenvalue weighted by atomic mass is 32.1. The number of carbonyl (C=O) groups is 1. The second kappa shape index (κ2) is 9.41. The maximum Gasteiger partial charge on any atom is 0.323 e. The number of amides is 2. The van der Waals surface area contributed by atoms with Crippen molar-refractivity contribution in [3.63, 3.8) is 0 Å². The minimum Gasteiger partial charge on any atom is -0.392 e. The first-order valence-corrected chi connectivity index (χ1v) is 10.9.